The number of benzene rings is 2. The molecule has 1 nitrogen and oxygen atoms in total. The zero-order valence-corrected chi connectivity index (χ0v) is 18.9. The van der Waals surface area contributed by atoms with Crippen molar-refractivity contribution in [3.8, 4) is 0 Å². The highest BCUT2D eigenvalue weighted by Gasteiger charge is 2.20. The van der Waals surface area contributed by atoms with Gasteiger partial charge in [0.15, 0.2) is 0 Å². The van der Waals surface area contributed by atoms with E-state index in [1.807, 2.05) is 48.5 Å². The fourth-order valence-corrected chi connectivity index (χ4v) is 3.52. The first-order valence-corrected chi connectivity index (χ1v) is 10.7. The average Bonchev–Trinajstić information content (AvgIpc) is 2.61. The molecule has 0 aliphatic carbocycles. The first-order chi connectivity index (χ1) is 11.9. The van der Waals surface area contributed by atoms with Crippen LogP contribution in [-0.4, -0.2) is 13.2 Å². The van der Waals surface area contributed by atoms with Crippen LogP contribution >= 0.6 is 55.1 Å². The zero-order chi connectivity index (χ0) is 18.4. The molecular formula is C20H22Br2Cl2O. The van der Waals surface area contributed by atoms with Crippen LogP contribution in [0.4, 0.5) is 0 Å². The maximum atomic E-state index is 6.57. The summed E-state index contributed by atoms with van der Waals surface area (Å²) < 4.78 is 8.01. The van der Waals surface area contributed by atoms with Crippen LogP contribution in [0.2, 0.25) is 0 Å². The molecule has 0 heterocycles. The van der Waals surface area contributed by atoms with Crippen LogP contribution in [0.15, 0.2) is 57.5 Å². The van der Waals surface area contributed by atoms with Crippen LogP contribution in [0.3, 0.4) is 0 Å². The third-order valence-corrected chi connectivity index (χ3v) is 6.56. The number of hydrogen-bond acceptors (Lipinski definition) is 1. The summed E-state index contributed by atoms with van der Waals surface area (Å²) in [4.78, 5) is 0. The van der Waals surface area contributed by atoms with E-state index in [1.54, 1.807) is 0 Å². The largest absolute Gasteiger partial charge is 0.381 e. The van der Waals surface area contributed by atoms with Gasteiger partial charge in [-0.05, 0) is 47.2 Å². The summed E-state index contributed by atoms with van der Waals surface area (Å²) >= 11 is 20.0. The first kappa shape index (κ1) is 21.2. The number of alkyl halides is 2. The van der Waals surface area contributed by atoms with Crippen molar-refractivity contribution in [2.45, 2.75) is 24.6 Å². The Bertz CT molecular complexity index is 588. The molecule has 0 aromatic heterocycles. The smallest absolute Gasteiger partial charge is 0.0632 e. The van der Waals surface area contributed by atoms with Crippen molar-refractivity contribution in [2.24, 2.45) is 11.8 Å². The Kier molecular flexibility index (Phi) is 8.77. The molecule has 0 amide bonds. The van der Waals surface area contributed by atoms with Crippen LogP contribution in [0.1, 0.15) is 35.7 Å². The van der Waals surface area contributed by atoms with E-state index in [0.29, 0.717) is 13.2 Å². The van der Waals surface area contributed by atoms with E-state index >= 15 is 0 Å². The van der Waals surface area contributed by atoms with Gasteiger partial charge in [-0.3, -0.25) is 0 Å². The van der Waals surface area contributed by atoms with Crippen LogP contribution in [0.25, 0.3) is 0 Å². The third-order valence-electron chi connectivity index (χ3n) is 4.14. The molecule has 0 N–H and O–H groups in total. The predicted octanol–water partition coefficient (Wildman–Crippen LogP) is 7.76. The molecule has 2 aromatic rings. The van der Waals surface area contributed by atoms with E-state index in [0.717, 1.165) is 20.1 Å². The topological polar surface area (TPSA) is 9.23 Å². The van der Waals surface area contributed by atoms with E-state index in [-0.39, 0.29) is 22.6 Å². The molecule has 0 saturated carbocycles. The maximum Gasteiger partial charge on any atom is 0.0632 e. The molecule has 25 heavy (non-hydrogen) atoms. The van der Waals surface area contributed by atoms with Crippen molar-refractivity contribution in [1.29, 1.82) is 0 Å². The molecule has 0 spiro atoms. The second kappa shape index (κ2) is 10.3. The van der Waals surface area contributed by atoms with Gasteiger partial charge in [-0.25, -0.2) is 0 Å². The Balaban J connectivity index is 1.80. The summed E-state index contributed by atoms with van der Waals surface area (Å²) in [6.07, 6.45) is 0. The molecule has 0 aliphatic rings. The van der Waals surface area contributed by atoms with Gasteiger partial charge in [0.25, 0.3) is 0 Å². The third kappa shape index (κ3) is 6.55. The lowest BCUT2D eigenvalue weighted by atomic mass is 10.0. The number of ether oxygens (including phenoxy) is 1. The minimum Gasteiger partial charge on any atom is -0.381 e. The summed E-state index contributed by atoms with van der Waals surface area (Å²) in [6, 6.07) is 16.2. The Morgan fingerprint density at radius 1 is 0.720 bits per heavy atom. The molecule has 4 atom stereocenters. The SMILES string of the molecule is C[C@@H](COC[C@H](C)C(Cl)c1ccc(Br)cc1)C(Cl)c1ccc(Br)cc1. The van der Waals surface area contributed by atoms with E-state index < -0.39 is 0 Å². The second-order valence-electron chi connectivity index (χ2n) is 6.40. The molecule has 0 bridgehead atoms. The van der Waals surface area contributed by atoms with Gasteiger partial charge in [-0.15, -0.1) is 23.2 Å². The lowest BCUT2D eigenvalue weighted by molar-refractivity contribution is 0.0775. The quantitative estimate of drug-likeness (QED) is 0.331. The van der Waals surface area contributed by atoms with Gasteiger partial charge < -0.3 is 4.74 Å². The van der Waals surface area contributed by atoms with Crippen molar-refractivity contribution in [3.05, 3.63) is 68.6 Å². The van der Waals surface area contributed by atoms with Crippen molar-refractivity contribution < 1.29 is 4.74 Å². The summed E-state index contributed by atoms with van der Waals surface area (Å²) in [5, 5.41) is -0.136. The van der Waals surface area contributed by atoms with Crippen LogP contribution < -0.4 is 0 Å². The summed E-state index contributed by atoms with van der Waals surface area (Å²) in [7, 11) is 0. The number of rotatable bonds is 8. The molecular weight excluding hydrogens is 487 g/mol. The summed E-state index contributed by atoms with van der Waals surface area (Å²) in [5.41, 5.74) is 2.22. The van der Waals surface area contributed by atoms with E-state index in [2.05, 4.69) is 45.7 Å². The highest BCUT2D eigenvalue weighted by molar-refractivity contribution is 9.10. The first-order valence-electron chi connectivity index (χ1n) is 8.25. The number of halogens is 4. The monoisotopic (exact) mass is 506 g/mol. The highest BCUT2D eigenvalue weighted by Crippen LogP contribution is 2.32. The summed E-state index contributed by atoms with van der Waals surface area (Å²) in [6.45, 7) is 5.44. The van der Waals surface area contributed by atoms with Gasteiger partial charge >= 0.3 is 0 Å². The predicted molar refractivity (Wildman–Crippen MR) is 115 cm³/mol. The lowest BCUT2D eigenvalue weighted by Crippen LogP contribution is -2.17. The molecule has 5 heteroatoms. The van der Waals surface area contributed by atoms with Crippen LogP contribution in [0.5, 0.6) is 0 Å². The fourth-order valence-electron chi connectivity index (χ4n) is 2.56. The van der Waals surface area contributed by atoms with Crippen molar-refractivity contribution in [2.75, 3.05) is 13.2 Å². The molecule has 0 radical (unpaired) electrons. The minimum absolute atomic E-state index is 0.0679. The molecule has 2 aromatic carbocycles. The lowest BCUT2D eigenvalue weighted by Gasteiger charge is -2.22. The standard InChI is InChI=1S/C20H22Br2Cl2O/c1-13(19(23)15-3-7-17(21)8-4-15)11-25-12-14(2)20(24)16-5-9-18(22)10-6-16/h3-10,13-14,19-20H,11-12H2,1-2H3/t13-,14-,19?,20?/m0/s1. The zero-order valence-electron chi connectivity index (χ0n) is 14.3. The second-order valence-corrected chi connectivity index (χ2v) is 9.17. The van der Waals surface area contributed by atoms with E-state index in [1.165, 1.54) is 0 Å². The van der Waals surface area contributed by atoms with Crippen molar-refractivity contribution in [3.63, 3.8) is 0 Å². The van der Waals surface area contributed by atoms with Gasteiger partial charge in [0, 0.05) is 8.95 Å². The normalized spacial score (nSPS) is 16.2. The van der Waals surface area contributed by atoms with Gasteiger partial charge in [0.05, 0.1) is 24.0 Å². The van der Waals surface area contributed by atoms with Gasteiger partial charge in [-0.2, -0.15) is 0 Å². The van der Waals surface area contributed by atoms with Crippen LogP contribution in [0, 0.1) is 11.8 Å². The maximum absolute atomic E-state index is 6.57. The van der Waals surface area contributed by atoms with Crippen molar-refractivity contribution >= 4 is 55.1 Å². The Labute approximate surface area is 177 Å². The summed E-state index contributed by atoms with van der Waals surface area (Å²) in [5.74, 6) is 0.438. The van der Waals surface area contributed by atoms with Gasteiger partial charge in [0.2, 0.25) is 0 Å². The average molecular weight is 509 g/mol. The molecule has 0 fully saturated rings. The Morgan fingerprint density at radius 2 is 1.04 bits per heavy atom. The molecule has 2 rings (SSSR count). The molecule has 136 valence electrons. The number of hydrogen-bond donors (Lipinski definition) is 0. The Morgan fingerprint density at radius 3 is 1.36 bits per heavy atom. The highest BCUT2D eigenvalue weighted by atomic mass is 79.9. The molecule has 0 saturated heterocycles. The fraction of sp³-hybridized carbons (Fsp3) is 0.400. The molecule has 2 unspecified atom stereocenters. The minimum atomic E-state index is -0.0679. The van der Waals surface area contributed by atoms with E-state index in [4.69, 9.17) is 27.9 Å². The van der Waals surface area contributed by atoms with E-state index in [9.17, 15) is 0 Å². The Hall–Kier alpha value is -0.0600. The van der Waals surface area contributed by atoms with Crippen LogP contribution in [-0.2, 0) is 4.74 Å². The molecule has 0 aliphatic heterocycles. The van der Waals surface area contributed by atoms with Crippen molar-refractivity contribution in [1.82, 2.24) is 0 Å². The van der Waals surface area contributed by atoms with Gasteiger partial charge in [-0.1, -0.05) is 70.0 Å². The van der Waals surface area contributed by atoms with Gasteiger partial charge in [0.1, 0.15) is 0 Å².